The number of hydrogen-bond donors (Lipinski definition) is 2. The molecule has 1 unspecified atom stereocenters. The Morgan fingerprint density at radius 2 is 2.00 bits per heavy atom. The number of amides is 3. The molecule has 3 aromatic rings. The molecule has 1 aliphatic rings. The molecule has 2 aromatic carbocycles. The van der Waals surface area contributed by atoms with Gasteiger partial charge < -0.3 is 15.5 Å². The number of aromatic nitrogens is 2. The molecule has 0 spiro atoms. The molecule has 1 saturated heterocycles. The first-order valence-electron chi connectivity index (χ1n) is 10.1. The Kier molecular flexibility index (Phi) is 7.26. The number of anilines is 3. The third kappa shape index (κ3) is 6.10. The SMILES string of the molecule is Cc1cccc(NC(=O)CSc2nnc(NC(=O)C3CC(=O)N(c4cccc(Cl)c4)C3)s2)c1. The molecule has 0 radical (unpaired) electrons. The van der Waals surface area contributed by atoms with Crippen LogP contribution in [0.3, 0.4) is 0 Å². The lowest BCUT2D eigenvalue weighted by Gasteiger charge is -2.16. The van der Waals surface area contributed by atoms with Gasteiger partial charge >= 0.3 is 0 Å². The van der Waals surface area contributed by atoms with Crippen molar-refractivity contribution in [1.82, 2.24) is 10.2 Å². The zero-order valence-electron chi connectivity index (χ0n) is 17.6. The van der Waals surface area contributed by atoms with E-state index in [0.717, 1.165) is 11.3 Å². The van der Waals surface area contributed by atoms with Crippen molar-refractivity contribution in [2.75, 3.05) is 27.8 Å². The number of aryl methyl sites for hydroxylation is 1. The lowest BCUT2D eigenvalue weighted by molar-refractivity contribution is -0.122. The van der Waals surface area contributed by atoms with E-state index in [-0.39, 0.29) is 36.4 Å². The largest absolute Gasteiger partial charge is 0.325 e. The Morgan fingerprint density at radius 3 is 2.79 bits per heavy atom. The van der Waals surface area contributed by atoms with Crippen LogP contribution in [0, 0.1) is 12.8 Å². The first-order valence-corrected chi connectivity index (χ1v) is 12.2. The molecule has 170 valence electrons. The maximum atomic E-state index is 12.7. The highest BCUT2D eigenvalue weighted by Crippen LogP contribution is 2.29. The zero-order chi connectivity index (χ0) is 23.4. The molecule has 2 N–H and O–H groups in total. The molecule has 0 bridgehead atoms. The number of thioether (sulfide) groups is 1. The zero-order valence-corrected chi connectivity index (χ0v) is 20.0. The number of benzene rings is 2. The molecular formula is C22H20ClN5O3S2. The van der Waals surface area contributed by atoms with E-state index in [2.05, 4.69) is 20.8 Å². The Bertz CT molecular complexity index is 1200. The third-order valence-corrected chi connectivity index (χ3v) is 7.09. The molecule has 1 aliphatic heterocycles. The summed E-state index contributed by atoms with van der Waals surface area (Å²) in [6, 6.07) is 14.5. The van der Waals surface area contributed by atoms with Crippen molar-refractivity contribution >= 4 is 68.9 Å². The second-order valence-electron chi connectivity index (χ2n) is 7.45. The fourth-order valence-corrected chi connectivity index (χ4v) is 5.09. The number of nitrogens with zero attached hydrogens (tertiary/aromatic N) is 3. The van der Waals surface area contributed by atoms with Crippen molar-refractivity contribution < 1.29 is 14.4 Å². The molecule has 11 heteroatoms. The lowest BCUT2D eigenvalue weighted by atomic mass is 10.1. The van der Waals surface area contributed by atoms with Gasteiger partial charge in [-0.3, -0.25) is 14.4 Å². The summed E-state index contributed by atoms with van der Waals surface area (Å²) in [5.41, 5.74) is 2.47. The van der Waals surface area contributed by atoms with Gasteiger partial charge in [-0.2, -0.15) is 0 Å². The molecule has 1 fully saturated rings. The Balaban J connectivity index is 1.28. The minimum atomic E-state index is -0.503. The Morgan fingerprint density at radius 1 is 1.18 bits per heavy atom. The second kappa shape index (κ2) is 10.3. The number of carbonyl (C=O) groups excluding carboxylic acids is 3. The Labute approximate surface area is 203 Å². The summed E-state index contributed by atoms with van der Waals surface area (Å²) >= 11 is 8.44. The van der Waals surface area contributed by atoms with E-state index in [9.17, 15) is 14.4 Å². The molecule has 0 saturated carbocycles. The van der Waals surface area contributed by atoms with E-state index in [1.807, 2.05) is 31.2 Å². The molecule has 33 heavy (non-hydrogen) atoms. The first kappa shape index (κ1) is 23.2. The van der Waals surface area contributed by atoms with Gasteiger partial charge in [-0.15, -0.1) is 10.2 Å². The smallest absolute Gasteiger partial charge is 0.234 e. The topological polar surface area (TPSA) is 104 Å². The van der Waals surface area contributed by atoms with Gasteiger partial charge in [0, 0.05) is 29.4 Å². The fourth-order valence-electron chi connectivity index (χ4n) is 3.35. The van der Waals surface area contributed by atoms with Crippen molar-refractivity contribution in [2.45, 2.75) is 17.7 Å². The van der Waals surface area contributed by atoms with Crippen LogP contribution < -0.4 is 15.5 Å². The van der Waals surface area contributed by atoms with Crippen LogP contribution in [0.15, 0.2) is 52.9 Å². The summed E-state index contributed by atoms with van der Waals surface area (Å²) in [5.74, 6) is -0.917. The van der Waals surface area contributed by atoms with Crippen molar-refractivity contribution in [2.24, 2.45) is 5.92 Å². The maximum absolute atomic E-state index is 12.7. The van der Waals surface area contributed by atoms with Crippen LogP contribution in [0.25, 0.3) is 0 Å². The maximum Gasteiger partial charge on any atom is 0.234 e. The Hall–Kier alpha value is -2.95. The molecule has 0 aliphatic carbocycles. The van der Waals surface area contributed by atoms with Crippen molar-refractivity contribution in [1.29, 1.82) is 0 Å². The van der Waals surface area contributed by atoms with E-state index in [1.165, 1.54) is 23.1 Å². The first-order chi connectivity index (χ1) is 15.9. The van der Waals surface area contributed by atoms with Crippen molar-refractivity contribution in [3.05, 3.63) is 59.1 Å². The quantitative estimate of drug-likeness (QED) is 0.371. The van der Waals surface area contributed by atoms with Crippen molar-refractivity contribution in [3.8, 4) is 0 Å². The van der Waals surface area contributed by atoms with Gasteiger partial charge in [0.15, 0.2) is 4.34 Å². The predicted octanol–water partition coefficient (Wildman–Crippen LogP) is 4.22. The van der Waals surface area contributed by atoms with Crippen LogP contribution >= 0.6 is 34.7 Å². The van der Waals surface area contributed by atoms with Crippen LogP contribution in [0.2, 0.25) is 5.02 Å². The van der Waals surface area contributed by atoms with Gasteiger partial charge in [0.1, 0.15) is 0 Å². The summed E-state index contributed by atoms with van der Waals surface area (Å²) in [7, 11) is 0. The van der Waals surface area contributed by atoms with Gasteiger partial charge in [-0.25, -0.2) is 0 Å². The summed E-state index contributed by atoms with van der Waals surface area (Å²) in [6.45, 7) is 2.22. The molecule has 4 rings (SSSR count). The van der Waals surface area contributed by atoms with Crippen molar-refractivity contribution in [3.63, 3.8) is 0 Å². The monoisotopic (exact) mass is 501 g/mol. The summed E-state index contributed by atoms with van der Waals surface area (Å²) in [4.78, 5) is 38.8. The van der Waals surface area contributed by atoms with Crippen LogP contribution in [-0.2, 0) is 14.4 Å². The molecule has 1 atom stereocenters. The number of hydrogen-bond acceptors (Lipinski definition) is 7. The van der Waals surface area contributed by atoms with Gasteiger partial charge in [-0.05, 0) is 42.8 Å². The van der Waals surface area contributed by atoms with E-state index in [1.54, 1.807) is 29.2 Å². The van der Waals surface area contributed by atoms with Crippen LogP contribution in [0.5, 0.6) is 0 Å². The minimum Gasteiger partial charge on any atom is -0.325 e. The summed E-state index contributed by atoms with van der Waals surface area (Å²) in [5, 5.41) is 14.4. The van der Waals surface area contributed by atoms with E-state index >= 15 is 0 Å². The molecule has 3 amide bonds. The highest BCUT2D eigenvalue weighted by molar-refractivity contribution is 8.01. The molecular weight excluding hydrogens is 482 g/mol. The van der Waals surface area contributed by atoms with Gasteiger partial charge in [-0.1, -0.05) is 52.9 Å². The summed E-state index contributed by atoms with van der Waals surface area (Å²) < 4.78 is 0.563. The predicted molar refractivity (Wildman–Crippen MR) is 131 cm³/mol. The fraction of sp³-hybridized carbons (Fsp3) is 0.227. The third-order valence-electron chi connectivity index (χ3n) is 4.88. The van der Waals surface area contributed by atoms with E-state index < -0.39 is 5.92 Å². The van der Waals surface area contributed by atoms with Crippen LogP contribution in [0.1, 0.15) is 12.0 Å². The molecule has 2 heterocycles. The van der Waals surface area contributed by atoms with E-state index in [4.69, 9.17) is 11.6 Å². The van der Waals surface area contributed by atoms with Crippen LogP contribution in [-0.4, -0.2) is 40.2 Å². The second-order valence-corrected chi connectivity index (χ2v) is 10.1. The molecule has 1 aromatic heterocycles. The van der Waals surface area contributed by atoms with Gasteiger partial charge in [0.25, 0.3) is 0 Å². The van der Waals surface area contributed by atoms with Gasteiger partial charge in [0.05, 0.1) is 11.7 Å². The average molecular weight is 502 g/mol. The average Bonchev–Trinajstić information content (AvgIpc) is 3.38. The van der Waals surface area contributed by atoms with Crippen LogP contribution in [0.4, 0.5) is 16.5 Å². The summed E-state index contributed by atoms with van der Waals surface area (Å²) in [6.07, 6.45) is 0.109. The highest BCUT2D eigenvalue weighted by Gasteiger charge is 2.35. The lowest BCUT2D eigenvalue weighted by Crippen LogP contribution is -2.28. The minimum absolute atomic E-state index is 0.109. The normalized spacial score (nSPS) is 15.5. The van der Waals surface area contributed by atoms with Gasteiger partial charge in [0.2, 0.25) is 22.9 Å². The highest BCUT2D eigenvalue weighted by atomic mass is 35.5. The standard InChI is InChI=1S/C22H20ClN5O3S2/c1-13-4-2-6-16(8-13)24-18(29)12-32-22-27-26-21(33-22)25-20(31)14-9-19(30)28(11-14)17-7-3-5-15(23)10-17/h2-8,10,14H,9,11-12H2,1H3,(H,24,29)(H,25,26,31). The number of carbonyl (C=O) groups is 3. The number of rotatable bonds is 7. The number of halogens is 1. The number of nitrogens with one attached hydrogen (secondary N) is 2. The van der Waals surface area contributed by atoms with E-state index in [0.29, 0.717) is 20.2 Å². The molecule has 8 nitrogen and oxygen atoms in total.